The summed E-state index contributed by atoms with van der Waals surface area (Å²) in [6.45, 7) is 13.3. The summed E-state index contributed by atoms with van der Waals surface area (Å²) in [6, 6.07) is 9.23. The number of nitrogens with one attached hydrogen (secondary N) is 2. The number of hydrogen-bond donors (Lipinski definition) is 2. The lowest BCUT2D eigenvalue weighted by atomic mass is 10.0. The summed E-state index contributed by atoms with van der Waals surface area (Å²) >= 11 is 0. The number of aliphatic imine (C=N–C) groups is 1. The van der Waals surface area contributed by atoms with Gasteiger partial charge >= 0.3 is 0 Å². The van der Waals surface area contributed by atoms with Crippen molar-refractivity contribution in [2.45, 2.75) is 38.8 Å². The molecule has 1 aromatic carbocycles. The Morgan fingerprint density at radius 3 is 2.56 bits per heavy atom. The van der Waals surface area contributed by atoms with Gasteiger partial charge in [0.15, 0.2) is 5.96 Å². The molecule has 0 aromatic heterocycles. The molecule has 2 aliphatic rings. The van der Waals surface area contributed by atoms with Gasteiger partial charge in [-0.15, -0.1) is 0 Å². The number of aryl methyl sites for hydroxylation is 1. The molecule has 1 unspecified atom stereocenters. The van der Waals surface area contributed by atoms with E-state index in [1.54, 1.807) is 0 Å². The van der Waals surface area contributed by atoms with Crippen LogP contribution in [0.15, 0.2) is 29.3 Å². The zero-order valence-corrected chi connectivity index (χ0v) is 17.3. The van der Waals surface area contributed by atoms with Gasteiger partial charge in [-0.05, 0) is 39.3 Å². The molecule has 27 heavy (non-hydrogen) atoms. The summed E-state index contributed by atoms with van der Waals surface area (Å²) in [6.07, 6.45) is 1.13. The first kappa shape index (κ1) is 20.0. The Morgan fingerprint density at radius 1 is 1.19 bits per heavy atom. The molecule has 0 saturated carbocycles. The van der Waals surface area contributed by atoms with Gasteiger partial charge in [0.1, 0.15) is 0 Å². The van der Waals surface area contributed by atoms with Crippen molar-refractivity contribution in [2.75, 3.05) is 57.9 Å². The van der Waals surface area contributed by atoms with E-state index in [1.165, 1.54) is 11.3 Å². The molecule has 2 aliphatic heterocycles. The van der Waals surface area contributed by atoms with Gasteiger partial charge in [0.2, 0.25) is 0 Å². The maximum atomic E-state index is 5.48. The summed E-state index contributed by atoms with van der Waals surface area (Å²) in [5.74, 6) is 0.895. The molecule has 0 bridgehead atoms. The number of anilines is 1. The van der Waals surface area contributed by atoms with Crippen LogP contribution in [0, 0.1) is 6.92 Å². The van der Waals surface area contributed by atoms with Crippen LogP contribution in [0.2, 0.25) is 0 Å². The van der Waals surface area contributed by atoms with Crippen LogP contribution in [0.25, 0.3) is 0 Å². The van der Waals surface area contributed by atoms with Crippen LogP contribution in [-0.2, 0) is 4.74 Å². The molecular formula is C21H35N5O. The molecule has 150 valence electrons. The van der Waals surface area contributed by atoms with E-state index >= 15 is 0 Å². The summed E-state index contributed by atoms with van der Waals surface area (Å²) in [7, 11) is 1.85. The molecule has 6 nitrogen and oxygen atoms in total. The molecule has 2 N–H and O–H groups in total. The minimum atomic E-state index is 0.0744. The first-order chi connectivity index (χ1) is 13.0. The lowest BCUT2D eigenvalue weighted by Crippen LogP contribution is -2.57. The maximum Gasteiger partial charge on any atom is 0.191 e. The van der Waals surface area contributed by atoms with Crippen molar-refractivity contribution in [1.29, 1.82) is 0 Å². The van der Waals surface area contributed by atoms with E-state index in [0.29, 0.717) is 6.04 Å². The number of morpholine rings is 1. The van der Waals surface area contributed by atoms with Gasteiger partial charge in [-0.25, -0.2) is 0 Å². The highest BCUT2D eigenvalue weighted by Crippen LogP contribution is 2.21. The Balaban J connectivity index is 1.48. The second-order valence-electron chi connectivity index (χ2n) is 8.25. The van der Waals surface area contributed by atoms with E-state index in [2.05, 4.69) is 70.5 Å². The lowest BCUT2D eigenvalue weighted by molar-refractivity contribution is -0.00834. The van der Waals surface area contributed by atoms with E-state index in [4.69, 9.17) is 4.74 Å². The third-order valence-electron chi connectivity index (χ3n) is 5.71. The average molecular weight is 374 g/mol. The van der Waals surface area contributed by atoms with E-state index in [9.17, 15) is 0 Å². The number of nitrogens with zero attached hydrogens (tertiary/aromatic N) is 3. The third kappa shape index (κ3) is 5.36. The third-order valence-corrected chi connectivity index (χ3v) is 5.71. The van der Waals surface area contributed by atoms with Gasteiger partial charge in [0, 0.05) is 57.0 Å². The molecule has 2 heterocycles. The molecule has 2 saturated heterocycles. The monoisotopic (exact) mass is 373 g/mol. The smallest absolute Gasteiger partial charge is 0.191 e. The van der Waals surface area contributed by atoms with Crippen molar-refractivity contribution in [1.82, 2.24) is 15.5 Å². The molecule has 0 radical (unpaired) electrons. The summed E-state index contributed by atoms with van der Waals surface area (Å²) in [4.78, 5) is 9.38. The minimum Gasteiger partial charge on any atom is -0.379 e. The predicted octanol–water partition coefficient (Wildman–Crippen LogP) is 1.85. The first-order valence-corrected chi connectivity index (χ1v) is 10.1. The zero-order chi connectivity index (χ0) is 19.3. The van der Waals surface area contributed by atoms with E-state index in [0.717, 1.165) is 58.3 Å². The van der Waals surface area contributed by atoms with Crippen LogP contribution in [0.4, 0.5) is 5.69 Å². The molecule has 3 rings (SSSR count). The molecule has 2 fully saturated rings. The zero-order valence-electron chi connectivity index (χ0n) is 17.3. The number of rotatable bonds is 5. The fourth-order valence-electron chi connectivity index (χ4n) is 3.84. The Hall–Kier alpha value is -1.79. The highest BCUT2D eigenvalue weighted by atomic mass is 16.5. The normalized spacial score (nSPS) is 22.1. The Kier molecular flexibility index (Phi) is 6.60. The molecular weight excluding hydrogens is 338 g/mol. The van der Waals surface area contributed by atoms with Gasteiger partial charge < -0.3 is 20.3 Å². The Morgan fingerprint density at radius 2 is 1.89 bits per heavy atom. The molecule has 6 heteroatoms. The van der Waals surface area contributed by atoms with Crippen LogP contribution in [0.1, 0.15) is 25.8 Å². The highest BCUT2D eigenvalue weighted by Gasteiger charge is 2.29. The van der Waals surface area contributed by atoms with Crippen molar-refractivity contribution in [3.05, 3.63) is 29.8 Å². The Labute approximate surface area is 164 Å². The van der Waals surface area contributed by atoms with Crippen LogP contribution >= 0.6 is 0 Å². The van der Waals surface area contributed by atoms with Crippen LogP contribution in [0.5, 0.6) is 0 Å². The van der Waals surface area contributed by atoms with Gasteiger partial charge in [0.25, 0.3) is 0 Å². The second kappa shape index (κ2) is 8.93. The molecule has 0 aliphatic carbocycles. The fourth-order valence-corrected chi connectivity index (χ4v) is 3.84. The van der Waals surface area contributed by atoms with Crippen LogP contribution < -0.4 is 15.5 Å². The van der Waals surface area contributed by atoms with Crippen LogP contribution in [-0.4, -0.2) is 75.4 Å². The highest BCUT2D eigenvalue weighted by molar-refractivity contribution is 5.80. The molecule has 1 atom stereocenters. The topological polar surface area (TPSA) is 52.1 Å². The van der Waals surface area contributed by atoms with Gasteiger partial charge in [-0.3, -0.25) is 9.89 Å². The van der Waals surface area contributed by atoms with Gasteiger partial charge in [-0.2, -0.15) is 0 Å². The molecule has 0 amide bonds. The number of ether oxygens (including phenoxy) is 1. The predicted molar refractivity (Wildman–Crippen MR) is 113 cm³/mol. The number of benzene rings is 1. The quantitative estimate of drug-likeness (QED) is 0.609. The van der Waals surface area contributed by atoms with E-state index in [1.807, 2.05) is 7.05 Å². The van der Waals surface area contributed by atoms with E-state index < -0.39 is 0 Å². The number of hydrogen-bond acceptors (Lipinski definition) is 4. The van der Waals surface area contributed by atoms with Crippen molar-refractivity contribution in [3.8, 4) is 0 Å². The SMILES string of the molecule is CN=C(NCC(C)(C)N1CCOCC1)NC1CCN(c2ccc(C)cc2)C1. The fraction of sp³-hybridized carbons (Fsp3) is 0.667. The van der Waals surface area contributed by atoms with Gasteiger partial charge in [0.05, 0.1) is 13.2 Å². The standard InChI is InChI=1S/C21H35N5O/c1-17-5-7-19(8-6-17)25-10-9-18(15-25)24-20(22-4)23-16-21(2,3)26-11-13-27-14-12-26/h5-8,18H,9-16H2,1-4H3,(H2,22,23,24). The van der Waals surface area contributed by atoms with Crippen molar-refractivity contribution in [2.24, 2.45) is 4.99 Å². The van der Waals surface area contributed by atoms with E-state index in [-0.39, 0.29) is 5.54 Å². The number of guanidine groups is 1. The molecule has 1 aromatic rings. The van der Waals surface area contributed by atoms with Crippen molar-refractivity contribution in [3.63, 3.8) is 0 Å². The van der Waals surface area contributed by atoms with Crippen molar-refractivity contribution < 1.29 is 4.74 Å². The molecule has 0 spiro atoms. The lowest BCUT2D eigenvalue weighted by Gasteiger charge is -2.41. The largest absolute Gasteiger partial charge is 0.379 e. The Bertz CT molecular complexity index is 622. The van der Waals surface area contributed by atoms with Gasteiger partial charge in [-0.1, -0.05) is 17.7 Å². The summed E-state index contributed by atoms with van der Waals surface area (Å²) in [5, 5.41) is 7.14. The first-order valence-electron chi connectivity index (χ1n) is 10.1. The van der Waals surface area contributed by atoms with Crippen LogP contribution in [0.3, 0.4) is 0 Å². The summed E-state index contributed by atoms with van der Waals surface area (Å²) < 4.78 is 5.48. The average Bonchev–Trinajstić information content (AvgIpc) is 3.15. The maximum absolute atomic E-state index is 5.48. The minimum absolute atomic E-state index is 0.0744. The summed E-state index contributed by atoms with van der Waals surface area (Å²) in [5.41, 5.74) is 2.69. The van der Waals surface area contributed by atoms with Crippen molar-refractivity contribution >= 4 is 11.6 Å². The second-order valence-corrected chi connectivity index (χ2v) is 8.25.